The summed E-state index contributed by atoms with van der Waals surface area (Å²) in [4.78, 5) is 16.3. The molecule has 1 aromatic carbocycles. The van der Waals surface area contributed by atoms with Gasteiger partial charge in [0.15, 0.2) is 5.96 Å². The van der Waals surface area contributed by atoms with E-state index in [4.69, 9.17) is 10.5 Å². The maximum atomic E-state index is 11.9. The van der Waals surface area contributed by atoms with Crippen LogP contribution in [0.3, 0.4) is 0 Å². The van der Waals surface area contributed by atoms with Gasteiger partial charge in [-0.3, -0.25) is 4.99 Å². The van der Waals surface area contributed by atoms with Gasteiger partial charge in [-0.15, -0.1) is 0 Å². The fourth-order valence-electron chi connectivity index (χ4n) is 2.09. The summed E-state index contributed by atoms with van der Waals surface area (Å²) in [6.07, 6.45) is 0.555. The number of alkyl carbamates (subject to hydrolysis) is 1. The summed E-state index contributed by atoms with van der Waals surface area (Å²) in [5, 5.41) is 5.92. The molecule has 6 nitrogen and oxygen atoms in total. The van der Waals surface area contributed by atoms with Crippen LogP contribution in [-0.2, 0) is 11.2 Å². The summed E-state index contributed by atoms with van der Waals surface area (Å²) in [7, 11) is 0. The van der Waals surface area contributed by atoms with Gasteiger partial charge >= 0.3 is 6.09 Å². The number of carbonyl (C=O) groups excluding carboxylic acids is 1. The number of aliphatic imine (C=N–C) groups is 1. The summed E-state index contributed by atoms with van der Waals surface area (Å²) in [6.45, 7) is 12.0. The lowest BCUT2D eigenvalue weighted by molar-refractivity contribution is 0.0493. The predicted octanol–water partition coefficient (Wildman–Crippen LogP) is 3.52. The lowest BCUT2D eigenvalue weighted by Crippen LogP contribution is -2.44. The van der Waals surface area contributed by atoms with Crippen molar-refractivity contribution in [1.29, 1.82) is 0 Å². The van der Waals surface area contributed by atoms with Crippen molar-refractivity contribution >= 4 is 17.7 Å². The van der Waals surface area contributed by atoms with Gasteiger partial charge in [-0.2, -0.15) is 0 Å². The van der Waals surface area contributed by atoms with Crippen LogP contribution in [0.5, 0.6) is 0 Å². The fourth-order valence-corrected chi connectivity index (χ4v) is 2.09. The van der Waals surface area contributed by atoms with Crippen molar-refractivity contribution in [3.05, 3.63) is 29.8 Å². The van der Waals surface area contributed by atoms with E-state index in [1.54, 1.807) is 0 Å². The van der Waals surface area contributed by atoms with E-state index in [2.05, 4.69) is 34.7 Å². The number of carbonyl (C=O) groups is 1. The van der Waals surface area contributed by atoms with Gasteiger partial charge in [0, 0.05) is 5.69 Å². The molecule has 1 amide bonds. The molecule has 4 N–H and O–H groups in total. The van der Waals surface area contributed by atoms with E-state index in [1.165, 1.54) is 5.56 Å². The number of nitrogens with zero attached hydrogens (tertiary/aromatic N) is 1. The van der Waals surface area contributed by atoms with Crippen molar-refractivity contribution in [2.75, 3.05) is 11.9 Å². The monoisotopic (exact) mass is 348 g/mol. The molecule has 0 saturated heterocycles. The minimum absolute atomic E-state index is 0.155. The lowest BCUT2D eigenvalue weighted by atomic mass is 10.1. The number of rotatable bonds is 6. The Morgan fingerprint density at radius 1 is 1.24 bits per heavy atom. The normalized spacial score (nSPS) is 13.5. The molecule has 140 valence electrons. The highest BCUT2D eigenvalue weighted by Crippen LogP contribution is 2.11. The zero-order chi connectivity index (χ0) is 19.0. The summed E-state index contributed by atoms with van der Waals surface area (Å²) < 4.78 is 5.30. The highest BCUT2D eigenvalue weighted by atomic mass is 16.6. The van der Waals surface area contributed by atoms with E-state index in [0.717, 1.165) is 12.1 Å². The van der Waals surface area contributed by atoms with Crippen LogP contribution in [0.1, 0.15) is 47.1 Å². The fraction of sp³-hybridized carbons (Fsp3) is 0.579. The summed E-state index contributed by atoms with van der Waals surface area (Å²) in [5.41, 5.74) is 7.58. The molecule has 0 aliphatic carbocycles. The van der Waals surface area contributed by atoms with Crippen molar-refractivity contribution in [3.8, 4) is 0 Å². The van der Waals surface area contributed by atoms with Crippen LogP contribution in [0.2, 0.25) is 0 Å². The molecule has 0 radical (unpaired) electrons. The summed E-state index contributed by atoms with van der Waals surface area (Å²) in [6, 6.07) is 7.89. The van der Waals surface area contributed by atoms with Gasteiger partial charge < -0.3 is 21.1 Å². The largest absolute Gasteiger partial charge is 0.444 e. The number of anilines is 1. The van der Waals surface area contributed by atoms with Crippen molar-refractivity contribution in [3.63, 3.8) is 0 Å². The highest BCUT2D eigenvalue weighted by molar-refractivity contribution is 5.92. The van der Waals surface area contributed by atoms with Gasteiger partial charge in [-0.25, -0.2) is 4.79 Å². The number of nitrogens with one attached hydrogen (secondary N) is 2. The van der Waals surface area contributed by atoms with Crippen LogP contribution in [0.15, 0.2) is 29.3 Å². The highest BCUT2D eigenvalue weighted by Gasteiger charge is 2.21. The first-order chi connectivity index (χ1) is 11.6. The number of benzene rings is 1. The number of aryl methyl sites for hydroxylation is 1. The van der Waals surface area contributed by atoms with Crippen LogP contribution in [0, 0.1) is 5.92 Å². The maximum Gasteiger partial charge on any atom is 0.407 e. The molecule has 25 heavy (non-hydrogen) atoms. The molecule has 1 aromatic rings. The topological polar surface area (TPSA) is 88.7 Å². The zero-order valence-electron chi connectivity index (χ0n) is 16.2. The molecule has 0 fully saturated rings. The molecule has 0 saturated carbocycles. The van der Waals surface area contributed by atoms with Crippen LogP contribution in [0.4, 0.5) is 10.5 Å². The van der Waals surface area contributed by atoms with E-state index in [1.807, 2.05) is 46.8 Å². The Kier molecular flexibility index (Phi) is 7.74. The maximum absolute atomic E-state index is 11.9. The molecule has 0 aliphatic rings. The molecule has 0 heterocycles. The molecule has 1 rings (SSSR count). The number of hydrogen-bond donors (Lipinski definition) is 3. The Morgan fingerprint density at radius 3 is 2.32 bits per heavy atom. The number of hydrogen-bond acceptors (Lipinski definition) is 3. The van der Waals surface area contributed by atoms with Crippen LogP contribution in [0.25, 0.3) is 0 Å². The first-order valence-electron chi connectivity index (χ1n) is 8.76. The molecule has 1 atom stereocenters. The first-order valence-corrected chi connectivity index (χ1v) is 8.76. The third kappa shape index (κ3) is 8.42. The summed E-state index contributed by atoms with van der Waals surface area (Å²) in [5.74, 6) is 0.522. The van der Waals surface area contributed by atoms with Gasteiger partial charge in [0.1, 0.15) is 5.60 Å². The molecular weight excluding hydrogens is 316 g/mol. The SMILES string of the molecule is CCc1ccc(NC(N)=NCC(NC(=O)OC(C)(C)C)C(C)C)cc1. The van der Waals surface area contributed by atoms with Gasteiger partial charge in [0.25, 0.3) is 0 Å². The van der Waals surface area contributed by atoms with Gasteiger partial charge in [0.05, 0.1) is 12.6 Å². The van der Waals surface area contributed by atoms with Crippen molar-refractivity contribution in [1.82, 2.24) is 5.32 Å². The van der Waals surface area contributed by atoms with E-state index < -0.39 is 11.7 Å². The second-order valence-corrected chi connectivity index (χ2v) is 7.40. The van der Waals surface area contributed by atoms with Gasteiger partial charge in [-0.05, 0) is 50.8 Å². The Bertz CT molecular complexity index is 574. The second-order valence-electron chi connectivity index (χ2n) is 7.40. The zero-order valence-corrected chi connectivity index (χ0v) is 16.2. The van der Waals surface area contributed by atoms with Crippen molar-refractivity contribution < 1.29 is 9.53 Å². The Labute approximate surface area is 151 Å². The standard InChI is InChI=1S/C19H32N4O2/c1-7-14-8-10-15(11-9-14)22-17(20)21-12-16(13(2)3)23-18(24)25-19(4,5)6/h8-11,13,16H,7,12H2,1-6H3,(H,23,24)(H3,20,21,22). The van der Waals surface area contributed by atoms with E-state index >= 15 is 0 Å². The van der Waals surface area contributed by atoms with Gasteiger partial charge in [-0.1, -0.05) is 32.9 Å². The molecule has 6 heteroatoms. The second kappa shape index (κ2) is 9.30. The van der Waals surface area contributed by atoms with Crippen molar-refractivity contribution in [2.45, 2.75) is 59.6 Å². The molecule has 0 aromatic heterocycles. The van der Waals surface area contributed by atoms with Crippen LogP contribution < -0.4 is 16.4 Å². The molecule has 0 bridgehead atoms. The first kappa shape index (κ1) is 20.8. The van der Waals surface area contributed by atoms with E-state index in [-0.39, 0.29) is 12.0 Å². The summed E-state index contributed by atoms with van der Waals surface area (Å²) >= 11 is 0. The van der Waals surface area contributed by atoms with Crippen LogP contribution >= 0.6 is 0 Å². The Morgan fingerprint density at radius 2 is 1.84 bits per heavy atom. The number of amides is 1. The van der Waals surface area contributed by atoms with E-state index in [9.17, 15) is 4.79 Å². The molecule has 0 aliphatic heterocycles. The minimum Gasteiger partial charge on any atom is -0.444 e. The Hall–Kier alpha value is -2.24. The number of nitrogens with two attached hydrogens (primary N) is 1. The van der Waals surface area contributed by atoms with Gasteiger partial charge in [0.2, 0.25) is 0 Å². The third-order valence-corrected chi connectivity index (χ3v) is 3.60. The van der Waals surface area contributed by atoms with Crippen LogP contribution in [-0.4, -0.2) is 30.2 Å². The number of guanidine groups is 1. The third-order valence-electron chi connectivity index (χ3n) is 3.60. The average molecular weight is 348 g/mol. The smallest absolute Gasteiger partial charge is 0.407 e. The van der Waals surface area contributed by atoms with Crippen molar-refractivity contribution in [2.24, 2.45) is 16.6 Å². The van der Waals surface area contributed by atoms with E-state index in [0.29, 0.717) is 12.5 Å². The Balaban J connectivity index is 2.61. The molecule has 0 spiro atoms. The average Bonchev–Trinajstić information content (AvgIpc) is 2.50. The quantitative estimate of drug-likeness (QED) is 0.542. The lowest BCUT2D eigenvalue weighted by Gasteiger charge is -2.25. The minimum atomic E-state index is -0.528. The number of ether oxygens (including phenoxy) is 1. The molecule has 1 unspecified atom stereocenters. The molecular formula is C19H32N4O2. The predicted molar refractivity (Wildman–Crippen MR) is 104 cm³/mol.